The van der Waals surface area contributed by atoms with Crippen molar-refractivity contribution in [3.05, 3.63) is 27.1 Å². The van der Waals surface area contributed by atoms with Crippen LogP contribution in [0.2, 0.25) is 0 Å². The van der Waals surface area contributed by atoms with Gasteiger partial charge in [-0.2, -0.15) is 0 Å². The normalized spacial score (nSPS) is 10.5. The number of rotatable bonds is 6. The lowest BCUT2D eigenvalue weighted by Crippen LogP contribution is -2.02. The van der Waals surface area contributed by atoms with Crippen molar-refractivity contribution in [3.63, 3.8) is 0 Å². The van der Waals surface area contributed by atoms with Crippen LogP contribution in [0.3, 0.4) is 0 Å². The quantitative estimate of drug-likeness (QED) is 0.459. The number of ether oxygens (including phenoxy) is 3. The Morgan fingerprint density at radius 2 is 1.95 bits per heavy atom. The molecule has 2 aromatic rings. The Balaban J connectivity index is 2.76. The fourth-order valence-corrected chi connectivity index (χ4v) is 3.11. The van der Waals surface area contributed by atoms with E-state index >= 15 is 0 Å². The molecule has 0 saturated heterocycles. The predicted octanol–water partition coefficient (Wildman–Crippen LogP) is 3.39. The fraction of sp³-hybridized carbons (Fsp3) is 0.357. The summed E-state index contributed by atoms with van der Waals surface area (Å²) in [7, 11) is 1.26. The second-order valence-corrected chi connectivity index (χ2v) is 5.25. The Hall–Kier alpha value is -2.35. The van der Waals surface area contributed by atoms with E-state index in [2.05, 4.69) is 4.74 Å². The highest BCUT2D eigenvalue weighted by Crippen LogP contribution is 2.46. The third-order valence-electron chi connectivity index (χ3n) is 2.86. The average Bonchev–Trinajstić information content (AvgIpc) is 2.90. The monoisotopic (exact) mass is 325 g/mol. The zero-order valence-electron chi connectivity index (χ0n) is 12.4. The molecule has 0 saturated carbocycles. The first kappa shape index (κ1) is 16.0. The van der Waals surface area contributed by atoms with Crippen molar-refractivity contribution in [2.45, 2.75) is 13.8 Å². The van der Waals surface area contributed by atoms with Gasteiger partial charge in [0.2, 0.25) is 5.75 Å². The zero-order chi connectivity index (χ0) is 16.3. The molecule has 2 rings (SSSR count). The lowest BCUT2D eigenvalue weighted by Gasteiger charge is -2.11. The number of nitro groups is 1. The van der Waals surface area contributed by atoms with Gasteiger partial charge in [-0.3, -0.25) is 10.1 Å². The van der Waals surface area contributed by atoms with Crippen LogP contribution in [-0.2, 0) is 4.74 Å². The van der Waals surface area contributed by atoms with Crippen molar-refractivity contribution in [3.8, 4) is 11.5 Å². The van der Waals surface area contributed by atoms with Crippen molar-refractivity contribution in [2.75, 3.05) is 20.3 Å². The summed E-state index contributed by atoms with van der Waals surface area (Å²) in [6.45, 7) is 4.12. The third kappa shape index (κ3) is 2.82. The molecule has 1 aromatic heterocycles. The first-order valence-corrected chi connectivity index (χ1v) is 7.43. The Kier molecular flexibility index (Phi) is 4.81. The SMILES string of the molecule is CCOc1cc2cc(C(=O)OC)sc2c([N+](=O)[O-])c1OCC. The molecule has 0 unspecified atom stereocenters. The summed E-state index contributed by atoms with van der Waals surface area (Å²) in [5.41, 5.74) is -0.192. The Bertz CT molecular complexity index is 724. The van der Waals surface area contributed by atoms with Crippen LogP contribution in [0.15, 0.2) is 12.1 Å². The molecule has 22 heavy (non-hydrogen) atoms. The van der Waals surface area contributed by atoms with E-state index in [0.717, 1.165) is 11.3 Å². The van der Waals surface area contributed by atoms with Crippen molar-refractivity contribution < 1.29 is 23.9 Å². The number of nitrogens with zero attached hydrogens (tertiary/aromatic N) is 1. The van der Waals surface area contributed by atoms with E-state index in [1.807, 2.05) is 0 Å². The number of carbonyl (C=O) groups is 1. The number of carbonyl (C=O) groups excluding carboxylic acids is 1. The summed E-state index contributed by atoms with van der Waals surface area (Å²) in [6, 6.07) is 3.19. The summed E-state index contributed by atoms with van der Waals surface area (Å²) >= 11 is 1.000. The van der Waals surface area contributed by atoms with E-state index in [4.69, 9.17) is 9.47 Å². The van der Waals surface area contributed by atoms with Crippen LogP contribution < -0.4 is 9.47 Å². The van der Waals surface area contributed by atoms with E-state index in [-0.39, 0.29) is 28.7 Å². The second kappa shape index (κ2) is 6.61. The van der Waals surface area contributed by atoms with Crippen LogP contribution in [-0.4, -0.2) is 31.2 Å². The van der Waals surface area contributed by atoms with Crippen molar-refractivity contribution in [1.82, 2.24) is 0 Å². The highest BCUT2D eigenvalue weighted by atomic mass is 32.1. The molecule has 118 valence electrons. The highest BCUT2D eigenvalue weighted by molar-refractivity contribution is 7.21. The molecule has 0 atom stereocenters. The van der Waals surface area contributed by atoms with E-state index < -0.39 is 10.9 Å². The summed E-state index contributed by atoms with van der Waals surface area (Å²) in [4.78, 5) is 22.9. The molecule has 7 nitrogen and oxygen atoms in total. The number of hydrogen-bond donors (Lipinski definition) is 0. The summed E-state index contributed by atoms with van der Waals surface area (Å²) in [5, 5.41) is 12.0. The molecule has 1 aromatic carbocycles. The van der Waals surface area contributed by atoms with Gasteiger partial charge >= 0.3 is 11.7 Å². The van der Waals surface area contributed by atoms with Gasteiger partial charge in [-0.15, -0.1) is 11.3 Å². The van der Waals surface area contributed by atoms with Gasteiger partial charge in [0.1, 0.15) is 9.58 Å². The largest absolute Gasteiger partial charge is 0.490 e. The fourth-order valence-electron chi connectivity index (χ4n) is 2.04. The minimum Gasteiger partial charge on any atom is -0.490 e. The minimum absolute atomic E-state index is 0.0834. The number of benzene rings is 1. The summed E-state index contributed by atoms with van der Waals surface area (Å²) in [5.74, 6) is -0.163. The van der Waals surface area contributed by atoms with Gasteiger partial charge in [0.25, 0.3) is 0 Å². The maximum atomic E-state index is 11.6. The second-order valence-electron chi connectivity index (χ2n) is 4.20. The van der Waals surface area contributed by atoms with E-state index in [0.29, 0.717) is 16.7 Å². The standard InChI is InChI=1S/C14H15NO6S/c1-4-20-9-6-8-7-10(14(16)19-3)22-13(8)11(15(17)18)12(9)21-5-2/h6-7H,4-5H2,1-3H3. The highest BCUT2D eigenvalue weighted by Gasteiger charge is 2.28. The van der Waals surface area contributed by atoms with Crippen LogP contribution in [0.4, 0.5) is 5.69 Å². The van der Waals surface area contributed by atoms with Crippen LogP contribution in [0.1, 0.15) is 23.5 Å². The number of fused-ring (bicyclic) bond motifs is 1. The van der Waals surface area contributed by atoms with E-state index in [9.17, 15) is 14.9 Å². The molecule has 1 heterocycles. The molecular weight excluding hydrogens is 310 g/mol. The Morgan fingerprint density at radius 3 is 2.50 bits per heavy atom. The third-order valence-corrected chi connectivity index (χ3v) is 4.00. The van der Waals surface area contributed by atoms with Crippen molar-refractivity contribution in [2.24, 2.45) is 0 Å². The number of methoxy groups -OCH3 is 1. The lowest BCUT2D eigenvalue weighted by molar-refractivity contribution is -0.383. The van der Waals surface area contributed by atoms with Gasteiger partial charge in [-0.25, -0.2) is 4.79 Å². The maximum absolute atomic E-state index is 11.6. The molecule has 0 bridgehead atoms. The number of hydrogen-bond acceptors (Lipinski definition) is 7. The first-order chi connectivity index (χ1) is 10.5. The van der Waals surface area contributed by atoms with Gasteiger partial charge in [0.15, 0.2) is 5.75 Å². The average molecular weight is 325 g/mol. The van der Waals surface area contributed by atoms with Crippen molar-refractivity contribution >= 4 is 33.1 Å². The molecular formula is C14H15NO6S. The zero-order valence-corrected chi connectivity index (χ0v) is 13.2. The molecule has 0 amide bonds. The molecule has 0 aliphatic heterocycles. The van der Waals surface area contributed by atoms with Crippen LogP contribution in [0.25, 0.3) is 10.1 Å². The Labute approximate surface area is 130 Å². The minimum atomic E-state index is -0.536. The molecule has 8 heteroatoms. The van der Waals surface area contributed by atoms with Gasteiger partial charge < -0.3 is 14.2 Å². The van der Waals surface area contributed by atoms with Gasteiger partial charge in [0.05, 0.1) is 25.2 Å². The van der Waals surface area contributed by atoms with E-state index in [1.165, 1.54) is 7.11 Å². The number of nitro benzene ring substituents is 1. The molecule has 0 N–H and O–H groups in total. The van der Waals surface area contributed by atoms with Crippen LogP contribution in [0.5, 0.6) is 11.5 Å². The summed E-state index contributed by atoms with van der Waals surface area (Å²) in [6.07, 6.45) is 0. The van der Waals surface area contributed by atoms with Gasteiger partial charge in [0, 0.05) is 5.39 Å². The Morgan fingerprint density at radius 1 is 1.27 bits per heavy atom. The van der Waals surface area contributed by atoms with Crippen molar-refractivity contribution in [1.29, 1.82) is 0 Å². The molecule has 0 radical (unpaired) electrons. The van der Waals surface area contributed by atoms with Gasteiger partial charge in [-0.1, -0.05) is 0 Å². The van der Waals surface area contributed by atoms with Crippen LogP contribution in [0, 0.1) is 10.1 Å². The smallest absolute Gasteiger partial charge is 0.348 e. The molecule has 0 fully saturated rings. The van der Waals surface area contributed by atoms with Gasteiger partial charge in [-0.05, 0) is 26.0 Å². The summed E-state index contributed by atoms with van der Waals surface area (Å²) < 4.78 is 15.9. The maximum Gasteiger partial charge on any atom is 0.348 e. The topological polar surface area (TPSA) is 87.9 Å². The predicted molar refractivity (Wildman–Crippen MR) is 82.2 cm³/mol. The van der Waals surface area contributed by atoms with E-state index in [1.54, 1.807) is 26.0 Å². The lowest BCUT2D eigenvalue weighted by atomic mass is 10.2. The number of thiophene rings is 1. The molecule has 0 aliphatic rings. The first-order valence-electron chi connectivity index (χ1n) is 6.62. The van der Waals surface area contributed by atoms with Crippen LogP contribution >= 0.6 is 11.3 Å². The molecule has 0 aliphatic carbocycles. The number of esters is 1. The molecule has 0 spiro atoms.